The molecule has 3 nitrogen and oxygen atoms in total. The van der Waals surface area contributed by atoms with Gasteiger partial charge < -0.3 is 4.90 Å². The second-order valence-electron chi connectivity index (χ2n) is 5.47. The molecule has 2 aromatic rings. The van der Waals surface area contributed by atoms with Crippen LogP contribution < -0.4 is 5.32 Å². The summed E-state index contributed by atoms with van der Waals surface area (Å²) in [6.45, 7) is 8.48. The van der Waals surface area contributed by atoms with Crippen molar-refractivity contribution in [2.24, 2.45) is 0 Å². The molecule has 3 heteroatoms. The van der Waals surface area contributed by atoms with Crippen molar-refractivity contribution in [3.8, 4) is 6.07 Å². The van der Waals surface area contributed by atoms with Crippen LogP contribution in [0.2, 0.25) is 0 Å². The minimum Gasteiger partial charge on any atom is -0.304 e. The number of benzene rings is 2. The molecule has 0 heterocycles. The van der Waals surface area contributed by atoms with Crippen LogP contribution in [0.25, 0.3) is 10.8 Å². The van der Waals surface area contributed by atoms with Crippen molar-refractivity contribution in [1.82, 2.24) is 10.2 Å². The Bertz CT molecular complexity index is 621. The number of hydrogen-bond donors (Lipinski definition) is 1. The van der Waals surface area contributed by atoms with E-state index < -0.39 is 0 Å². The largest absolute Gasteiger partial charge is 0.304 e. The first kappa shape index (κ1) is 16.5. The Morgan fingerprint density at radius 3 is 2.55 bits per heavy atom. The second-order valence-corrected chi connectivity index (χ2v) is 5.47. The topological polar surface area (TPSA) is 39.1 Å². The first-order chi connectivity index (χ1) is 10.8. The second kappa shape index (κ2) is 8.53. The zero-order valence-corrected chi connectivity index (χ0v) is 13.5. The van der Waals surface area contributed by atoms with Crippen molar-refractivity contribution < 1.29 is 0 Å². The van der Waals surface area contributed by atoms with E-state index in [1.807, 2.05) is 24.3 Å². The molecule has 0 saturated carbocycles. The molecule has 0 aliphatic carbocycles. The highest BCUT2D eigenvalue weighted by atomic mass is 15.1. The Morgan fingerprint density at radius 2 is 1.82 bits per heavy atom. The summed E-state index contributed by atoms with van der Waals surface area (Å²) in [5, 5.41) is 15.3. The molecule has 0 aromatic heterocycles. The minimum atomic E-state index is -0.247. The van der Waals surface area contributed by atoms with Gasteiger partial charge in [-0.25, -0.2) is 0 Å². The van der Waals surface area contributed by atoms with Crippen LogP contribution in [0, 0.1) is 11.3 Å². The van der Waals surface area contributed by atoms with E-state index in [9.17, 15) is 5.26 Å². The highest BCUT2D eigenvalue weighted by molar-refractivity contribution is 5.86. The van der Waals surface area contributed by atoms with Crippen LogP contribution in [-0.2, 0) is 0 Å². The summed E-state index contributed by atoms with van der Waals surface area (Å²) in [4.78, 5) is 2.40. The first-order valence-corrected chi connectivity index (χ1v) is 8.13. The molecule has 2 rings (SSSR count). The molecule has 1 N–H and O–H groups in total. The Hall–Kier alpha value is -1.89. The quantitative estimate of drug-likeness (QED) is 0.754. The maximum absolute atomic E-state index is 9.52. The standard InChI is InChI=1S/C19H25N3/c1-3-22(4-2)14-8-13-21-19(15-20)18-12-7-10-16-9-5-6-11-17(16)18/h5-7,9-12,19,21H,3-4,8,13-14H2,1-2H3. The Morgan fingerprint density at radius 1 is 1.09 bits per heavy atom. The van der Waals surface area contributed by atoms with Crippen LogP contribution >= 0.6 is 0 Å². The highest BCUT2D eigenvalue weighted by Crippen LogP contribution is 2.23. The summed E-state index contributed by atoms with van der Waals surface area (Å²) >= 11 is 0. The van der Waals surface area contributed by atoms with Crippen LogP contribution in [-0.4, -0.2) is 31.1 Å². The van der Waals surface area contributed by atoms with Crippen LogP contribution in [0.1, 0.15) is 31.9 Å². The van der Waals surface area contributed by atoms with E-state index >= 15 is 0 Å². The smallest absolute Gasteiger partial charge is 0.121 e. The molecule has 0 amide bonds. The third kappa shape index (κ3) is 4.07. The van der Waals surface area contributed by atoms with Gasteiger partial charge in [-0.15, -0.1) is 0 Å². The van der Waals surface area contributed by atoms with Crippen molar-refractivity contribution in [3.05, 3.63) is 48.0 Å². The third-order valence-corrected chi connectivity index (χ3v) is 4.16. The normalized spacial score (nSPS) is 12.5. The van der Waals surface area contributed by atoms with E-state index in [2.05, 4.69) is 48.3 Å². The van der Waals surface area contributed by atoms with Crippen molar-refractivity contribution in [2.45, 2.75) is 26.3 Å². The van der Waals surface area contributed by atoms with E-state index in [0.717, 1.165) is 43.5 Å². The summed E-state index contributed by atoms with van der Waals surface area (Å²) in [6, 6.07) is 16.6. The fourth-order valence-electron chi connectivity index (χ4n) is 2.82. The number of hydrogen-bond acceptors (Lipinski definition) is 3. The average molecular weight is 295 g/mol. The average Bonchev–Trinajstić information content (AvgIpc) is 2.58. The summed E-state index contributed by atoms with van der Waals surface area (Å²) in [5.41, 5.74) is 1.07. The maximum atomic E-state index is 9.52. The summed E-state index contributed by atoms with van der Waals surface area (Å²) in [5.74, 6) is 0. The molecular weight excluding hydrogens is 270 g/mol. The summed E-state index contributed by atoms with van der Waals surface area (Å²) in [6.07, 6.45) is 1.06. The number of nitrogens with one attached hydrogen (secondary N) is 1. The first-order valence-electron chi connectivity index (χ1n) is 8.13. The molecule has 0 aliphatic rings. The summed E-state index contributed by atoms with van der Waals surface area (Å²) < 4.78 is 0. The Kier molecular flexibility index (Phi) is 6.39. The van der Waals surface area contributed by atoms with Crippen molar-refractivity contribution in [3.63, 3.8) is 0 Å². The van der Waals surface area contributed by atoms with Gasteiger partial charge in [0.1, 0.15) is 6.04 Å². The van der Waals surface area contributed by atoms with Gasteiger partial charge in [-0.2, -0.15) is 5.26 Å². The predicted molar refractivity (Wildman–Crippen MR) is 92.7 cm³/mol. The lowest BCUT2D eigenvalue weighted by atomic mass is 9.99. The van der Waals surface area contributed by atoms with Crippen LogP contribution in [0.4, 0.5) is 0 Å². The van der Waals surface area contributed by atoms with Crippen LogP contribution in [0.15, 0.2) is 42.5 Å². The zero-order valence-electron chi connectivity index (χ0n) is 13.5. The lowest BCUT2D eigenvalue weighted by Gasteiger charge is -2.19. The fraction of sp³-hybridized carbons (Fsp3) is 0.421. The molecule has 0 aliphatic heterocycles. The molecule has 0 bridgehead atoms. The molecule has 0 radical (unpaired) electrons. The van der Waals surface area contributed by atoms with E-state index in [1.54, 1.807) is 0 Å². The zero-order chi connectivity index (χ0) is 15.8. The van der Waals surface area contributed by atoms with E-state index in [1.165, 1.54) is 5.39 Å². The van der Waals surface area contributed by atoms with Crippen LogP contribution in [0.3, 0.4) is 0 Å². The minimum absolute atomic E-state index is 0.247. The van der Waals surface area contributed by atoms with Crippen molar-refractivity contribution >= 4 is 10.8 Å². The Labute approximate surface area is 133 Å². The molecule has 0 saturated heterocycles. The number of rotatable bonds is 8. The van der Waals surface area contributed by atoms with Crippen LogP contribution in [0.5, 0.6) is 0 Å². The molecule has 1 atom stereocenters. The van der Waals surface area contributed by atoms with E-state index in [4.69, 9.17) is 0 Å². The van der Waals surface area contributed by atoms with E-state index in [-0.39, 0.29) is 6.04 Å². The van der Waals surface area contributed by atoms with Gasteiger partial charge >= 0.3 is 0 Å². The molecule has 0 spiro atoms. The monoisotopic (exact) mass is 295 g/mol. The molecule has 22 heavy (non-hydrogen) atoms. The van der Waals surface area contributed by atoms with Crippen molar-refractivity contribution in [2.75, 3.05) is 26.2 Å². The number of fused-ring (bicyclic) bond motifs is 1. The van der Waals surface area contributed by atoms with Gasteiger partial charge in [-0.05, 0) is 48.9 Å². The molecule has 0 fully saturated rings. The predicted octanol–water partition coefficient (Wildman–Crippen LogP) is 3.73. The van der Waals surface area contributed by atoms with Gasteiger partial charge in [0.2, 0.25) is 0 Å². The summed E-state index contributed by atoms with van der Waals surface area (Å²) in [7, 11) is 0. The number of nitriles is 1. The number of nitrogens with zero attached hydrogens (tertiary/aromatic N) is 2. The molecule has 2 aromatic carbocycles. The lowest BCUT2D eigenvalue weighted by molar-refractivity contribution is 0.297. The SMILES string of the molecule is CCN(CC)CCCNC(C#N)c1cccc2ccccc12. The van der Waals surface area contributed by atoms with Gasteiger partial charge in [0, 0.05) is 0 Å². The lowest BCUT2D eigenvalue weighted by Crippen LogP contribution is -2.28. The van der Waals surface area contributed by atoms with Crippen molar-refractivity contribution in [1.29, 1.82) is 5.26 Å². The maximum Gasteiger partial charge on any atom is 0.121 e. The highest BCUT2D eigenvalue weighted by Gasteiger charge is 2.12. The third-order valence-electron chi connectivity index (χ3n) is 4.16. The Balaban J connectivity index is 2.01. The van der Waals surface area contributed by atoms with Gasteiger partial charge in [-0.3, -0.25) is 5.32 Å². The van der Waals surface area contributed by atoms with Gasteiger partial charge in [0.05, 0.1) is 6.07 Å². The molecule has 1 unspecified atom stereocenters. The molecule has 116 valence electrons. The van der Waals surface area contributed by atoms with Gasteiger partial charge in [-0.1, -0.05) is 56.3 Å². The van der Waals surface area contributed by atoms with Gasteiger partial charge in [0.15, 0.2) is 0 Å². The van der Waals surface area contributed by atoms with E-state index in [0.29, 0.717) is 0 Å². The van der Waals surface area contributed by atoms with Gasteiger partial charge in [0.25, 0.3) is 0 Å². The molecular formula is C19H25N3. The fourth-order valence-corrected chi connectivity index (χ4v) is 2.82.